The second kappa shape index (κ2) is 10.8. The monoisotopic (exact) mass is 531 g/mol. The molecule has 8 heteroatoms. The molecule has 160 valence electrons. The number of guanidine groups is 1. The van der Waals surface area contributed by atoms with Crippen molar-refractivity contribution in [3.05, 3.63) is 35.0 Å². The lowest BCUT2D eigenvalue weighted by Gasteiger charge is -2.32. The molecule has 6 nitrogen and oxygen atoms in total. The minimum Gasteiger partial charge on any atom is -0.379 e. The van der Waals surface area contributed by atoms with Crippen LogP contribution < -0.4 is 5.32 Å². The van der Waals surface area contributed by atoms with Crippen LogP contribution in [0.3, 0.4) is 0 Å². The van der Waals surface area contributed by atoms with Gasteiger partial charge in [-0.15, -0.1) is 24.0 Å². The first-order chi connectivity index (χ1) is 13.7. The fourth-order valence-corrected chi connectivity index (χ4v) is 4.41. The zero-order valence-corrected chi connectivity index (χ0v) is 20.1. The number of H-pyrrole nitrogens is 1. The van der Waals surface area contributed by atoms with E-state index in [1.54, 1.807) is 0 Å². The summed E-state index contributed by atoms with van der Waals surface area (Å²) in [6.07, 6.45) is 4.18. The van der Waals surface area contributed by atoms with Crippen molar-refractivity contribution in [1.82, 2.24) is 20.1 Å². The Labute approximate surface area is 195 Å². The Morgan fingerprint density at radius 1 is 1.31 bits per heavy atom. The molecule has 0 bridgehead atoms. The van der Waals surface area contributed by atoms with Crippen LogP contribution in [0.25, 0.3) is 10.9 Å². The number of hydrogen-bond acceptors (Lipinski definition) is 3. The lowest BCUT2D eigenvalue weighted by Crippen LogP contribution is -2.46. The van der Waals surface area contributed by atoms with E-state index in [1.165, 1.54) is 17.4 Å². The molecule has 4 rings (SSSR count). The van der Waals surface area contributed by atoms with Gasteiger partial charge in [-0.3, -0.25) is 9.89 Å². The van der Waals surface area contributed by atoms with E-state index >= 15 is 0 Å². The highest BCUT2D eigenvalue weighted by atomic mass is 127. The van der Waals surface area contributed by atoms with Crippen LogP contribution >= 0.6 is 35.6 Å². The first-order valence-electron chi connectivity index (χ1n) is 10.3. The van der Waals surface area contributed by atoms with Gasteiger partial charge in [0.25, 0.3) is 0 Å². The van der Waals surface area contributed by atoms with Crippen LogP contribution in [0.2, 0.25) is 5.02 Å². The number of ether oxygens (including phenoxy) is 1. The average molecular weight is 532 g/mol. The Morgan fingerprint density at radius 2 is 2.14 bits per heavy atom. The van der Waals surface area contributed by atoms with E-state index < -0.39 is 0 Å². The van der Waals surface area contributed by atoms with Crippen molar-refractivity contribution >= 4 is 52.4 Å². The van der Waals surface area contributed by atoms with Gasteiger partial charge >= 0.3 is 0 Å². The molecule has 29 heavy (non-hydrogen) atoms. The number of fused-ring (bicyclic) bond motifs is 1. The van der Waals surface area contributed by atoms with Crippen molar-refractivity contribution in [3.8, 4) is 0 Å². The van der Waals surface area contributed by atoms with E-state index in [9.17, 15) is 0 Å². The number of nitrogens with zero attached hydrogens (tertiary/aromatic N) is 3. The molecule has 2 N–H and O–H groups in total. The number of morpholine rings is 1. The molecule has 2 saturated heterocycles. The van der Waals surface area contributed by atoms with E-state index in [4.69, 9.17) is 21.3 Å². The Balaban J connectivity index is 0.00000240. The Bertz CT molecular complexity index is 821. The highest BCUT2D eigenvalue weighted by molar-refractivity contribution is 14.0. The molecule has 0 radical (unpaired) electrons. The maximum absolute atomic E-state index is 6.17. The van der Waals surface area contributed by atoms with E-state index in [1.807, 2.05) is 18.2 Å². The summed E-state index contributed by atoms with van der Waals surface area (Å²) in [6, 6.07) is 6.60. The summed E-state index contributed by atoms with van der Waals surface area (Å²) in [6.45, 7) is 9.72. The van der Waals surface area contributed by atoms with Crippen molar-refractivity contribution in [3.63, 3.8) is 0 Å². The third kappa shape index (κ3) is 5.57. The highest BCUT2D eigenvalue weighted by Crippen LogP contribution is 2.23. The second-order valence-corrected chi connectivity index (χ2v) is 7.96. The summed E-state index contributed by atoms with van der Waals surface area (Å²) in [4.78, 5) is 13.2. The van der Waals surface area contributed by atoms with Crippen molar-refractivity contribution in [2.24, 2.45) is 4.99 Å². The fraction of sp³-hybridized carbons (Fsp3) is 0.571. The quantitative estimate of drug-likeness (QED) is 0.353. The molecule has 0 spiro atoms. The van der Waals surface area contributed by atoms with Gasteiger partial charge in [0.15, 0.2) is 5.96 Å². The number of benzene rings is 1. The maximum atomic E-state index is 6.17. The van der Waals surface area contributed by atoms with Crippen LogP contribution in [-0.4, -0.2) is 79.3 Å². The van der Waals surface area contributed by atoms with Crippen molar-refractivity contribution in [1.29, 1.82) is 0 Å². The summed E-state index contributed by atoms with van der Waals surface area (Å²) in [5.41, 5.74) is 2.40. The first kappa shape index (κ1) is 22.7. The number of halogens is 2. The van der Waals surface area contributed by atoms with E-state index in [2.05, 4.69) is 33.2 Å². The molecule has 2 aromatic rings. The van der Waals surface area contributed by atoms with Gasteiger partial charge in [-0.1, -0.05) is 11.6 Å². The molecule has 1 unspecified atom stereocenters. The minimum atomic E-state index is 0. The number of likely N-dealkylation sites (tertiary alicyclic amines) is 1. The van der Waals surface area contributed by atoms with Crippen LogP contribution in [0, 0.1) is 0 Å². The topological polar surface area (TPSA) is 55.9 Å². The van der Waals surface area contributed by atoms with Crippen molar-refractivity contribution in [2.45, 2.75) is 25.8 Å². The van der Waals surface area contributed by atoms with Gasteiger partial charge in [0.05, 0.1) is 13.2 Å². The smallest absolute Gasteiger partial charge is 0.193 e. The van der Waals surface area contributed by atoms with Gasteiger partial charge in [-0.05, 0) is 43.5 Å². The number of aromatic amines is 1. The number of nitrogens with one attached hydrogen (secondary N) is 2. The zero-order chi connectivity index (χ0) is 19.3. The number of hydrogen-bond donors (Lipinski definition) is 2. The number of rotatable bonds is 5. The molecule has 2 aliphatic heterocycles. The van der Waals surface area contributed by atoms with Crippen LogP contribution in [0.5, 0.6) is 0 Å². The molecule has 1 atom stereocenters. The normalized spacial score (nSPS) is 20.8. The van der Waals surface area contributed by atoms with Gasteiger partial charge < -0.3 is 19.9 Å². The Kier molecular flexibility index (Phi) is 8.46. The summed E-state index contributed by atoms with van der Waals surface area (Å²) in [5.74, 6) is 1.04. The molecule has 0 saturated carbocycles. The van der Waals surface area contributed by atoms with Crippen LogP contribution in [-0.2, 0) is 11.2 Å². The van der Waals surface area contributed by atoms with Gasteiger partial charge in [0, 0.05) is 67.4 Å². The van der Waals surface area contributed by atoms with Crippen LogP contribution in [0.4, 0.5) is 0 Å². The molecule has 3 heterocycles. The van der Waals surface area contributed by atoms with E-state index in [0.717, 1.165) is 75.4 Å². The Hall–Kier alpha value is -1.03. The zero-order valence-electron chi connectivity index (χ0n) is 17.0. The van der Waals surface area contributed by atoms with Gasteiger partial charge in [0.1, 0.15) is 0 Å². The fourth-order valence-electron chi connectivity index (χ4n) is 4.24. The highest BCUT2D eigenvalue weighted by Gasteiger charge is 2.30. The van der Waals surface area contributed by atoms with E-state index in [0.29, 0.717) is 6.04 Å². The summed E-state index contributed by atoms with van der Waals surface area (Å²) >= 11 is 6.17. The van der Waals surface area contributed by atoms with Crippen LogP contribution in [0.15, 0.2) is 29.4 Å². The van der Waals surface area contributed by atoms with E-state index in [-0.39, 0.29) is 24.0 Å². The Morgan fingerprint density at radius 3 is 2.93 bits per heavy atom. The largest absolute Gasteiger partial charge is 0.379 e. The van der Waals surface area contributed by atoms with Crippen molar-refractivity contribution in [2.75, 3.05) is 52.5 Å². The third-order valence-electron chi connectivity index (χ3n) is 5.73. The lowest BCUT2D eigenvalue weighted by molar-refractivity contribution is 0.0195. The summed E-state index contributed by atoms with van der Waals surface area (Å²) in [7, 11) is 0. The lowest BCUT2D eigenvalue weighted by atomic mass is 10.1. The number of aliphatic imine (C=N–C) groups is 1. The average Bonchev–Trinajstić information content (AvgIpc) is 3.35. The maximum Gasteiger partial charge on any atom is 0.193 e. The number of aromatic nitrogens is 1. The molecular weight excluding hydrogens is 501 g/mol. The second-order valence-electron chi connectivity index (χ2n) is 7.53. The molecule has 2 aliphatic rings. The van der Waals surface area contributed by atoms with Crippen molar-refractivity contribution < 1.29 is 4.74 Å². The van der Waals surface area contributed by atoms with Gasteiger partial charge in [0.2, 0.25) is 0 Å². The molecule has 1 aromatic heterocycles. The van der Waals surface area contributed by atoms with Gasteiger partial charge in [-0.2, -0.15) is 0 Å². The molecule has 0 aliphatic carbocycles. The predicted octanol–water partition coefficient (Wildman–Crippen LogP) is 3.35. The summed E-state index contributed by atoms with van der Waals surface area (Å²) < 4.78 is 5.50. The van der Waals surface area contributed by atoms with Crippen LogP contribution in [0.1, 0.15) is 18.9 Å². The molecule has 1 aromatic carbocycles. The molecule has 2 fully saturated rings. The first-order valence-corrected chi connectivity index (χ1v) is 10.7. The SMILES string of the molecule is CCNC(=NCCc1c[nH]c2ccc(Cl)cc12)N1CCC(N2CCOCC2)C1.I. The summed E-state index contributed by atoms with van der Waals surface area (Å²) in [5, 5.41) is 5.45. The predicted molar refractivity (Wildman–Crippen MR) is 131 cm³/mol. The molecule has 0 amide bonds. The van der Waals surface area contributed by atoms with Gasteiger partial charge in [-0.25, -0.2) is 0 Å². The third-order valence-corrected chi connectivity index (χ3v) is 5.97. The minimum absolute atomic E-state index is 0. The standard InChI is InChI=1S/C21H30ClN5O.HI/c1-2-23-21(27-8-6-18(15-27)26-9-11-28-12-10-26)24-7-5-16-14-25-20-4-3-17(22)13-19(16)20;/h3-4,13-14,18,25H,2,5-12,15H2,1H3,(H,23,24);1H. The molecular formula is C21H31ClIN5O.